The third-order valence-electron chi connectivity index (χ3n) is 3.37. The molecule has 0 saturated heterocycles. The Bertz CT molecular complexity index is 772. The zero-order valence-electron chi connectivity index (χ0n) is 11.3. The molecule has 3 rings (SSSR count). The number of aromatic nitrogens is 2. The molecule has 21 heavy (non-hydrogen) atoms. The van der Waals surface area contributed by atoms with E-state index >= 15 is 0 Å². The van der Waals surface area contributed by atoms with Crippen LogP contribution in [-0.2, 0) is 0 Å². The van der Waals surface area contributed by atoms with Crippen molar-refractivity contribution < 1.29 is 0 Å². The molecule has 0 bridgehead atoms. The van der Waals surface area contributed by atoms with E-state index in [1.807, 2.05) is 36.4 Å². The van der Waals surface area contributed by atoms with Crippen LogP contribution in [0, 0.1) is 0 Å². The number of hydrogen-bond donors (Lipinski definition) is 1. The Morgan fingerprint density at radius 3 is 2.76 bits per heavy atom. The van der Waals surface area contributed by atoms with Crippen molar-refractivity contribution in [2.45, 2.75) is 19.4 Å². The van der Waals surface area contributed by atoms with Crippen LogP contribution in [0.5, 0.6) is 0 Å². The summed E-state index contributed by atoms with van der Waals surface area (Å²) >= 11 is 12.1. The fourth-order valence-electron chi connectivity index (χ4n) is 2.26. The van der Waals surface area contributed by atoms with Gasteiger partial charge in [0.25, 0.3) is 0 Å². The number of halogens is 2. The van der Waals surface area contributed by atoms with Gasteiger partial charge in [-0.1, -0.05) is 0 Å². The number of anilines is 1. The van der Waals surface area contributed by atoms with Gasteiger partial charge < -0.3 is 0 Å². The Hall–Kier alpha value is -1.06. The summed E-state index contributed by atoms with van der Waals surface area (Å²) in [7, 11) is 0. The first-order valence-corrected chi connectivity index (χ1v) is 8.90. The Morgan fingerprint density at radius 1 is 1.14 bits per heavy atom. The number of nitrogens with one attached hydrogen (secondary N) is 1. The molecule has 0 aliphatic rings. The molecular weight excluding hydrogens is 372 g/mol. The maximum absolute atomic E-state index is 6.12. The van der Waals surface area contributed by atoms with Crippen LogP contribution in [0.1, 0.15) is 24.9 Å². The molecule has 3 nitrogen and oxygen atoms in total. The van der Waals surface area contributed by atoms with Crippen molar-refractivity contribution in [3.05, 3.63) is 52.0 Å². The van der Waals surface area contributed by atoms with Crippen LogP contribution in [-0.4, -0.2) is 22.9 Å². The molecule has 6 heteroatoms. The first-order chi connectivity index (χ1) is 10.2. The van der Waals surface area contributed by atoms with Crippen molar-refractivity contribution in [3.8, 4) is 0 Å². The average molecular weight is 385 g/mol. The van der Waals surface area contributed by atoms with Gasteiger partial charge in [0.1, 0.15) is 0 Å². The van der Waals surface area contributed by atoms with Gasteiger partial charge in [-0.2, -0.15) is 0 Å². The molecule has 0 saturated carbocycles. The van der Waals surface area contributed by atoms with E-state index in [4.69, 9.17) is 23.2 Å². The van der Waals surface area contributed by atoms with Crippen molar-refractivity contribution in [2.75, 3.05) is 5.32 Å². The topological polar surface area (TPSA) is 37.8 Å². The number of fused-ring (bicyclic) bond motifs is 1. The fraction of sp³-hybridized carbons (Fsp3) is 0.200. The van der Waals surface area contributed by atoms with Gasteiger partial charge in [0, 0.05) is 0 Å². The third-order valence-corrected chi connectivity index (χ3v) is 5.25. The van der Waals surface area contributed by atoms with Crippen LogP contribution in [0.3, 0.4) is 0 Å². The van der Waals surface area contributed by atoms with Crippen LogP contribution in [0.4, 0.5) is 5.69 Å². The Labute approximate surface area is 139 Å². The Morgan fingerprint density at radius 2 is 2.00 bits per heavy atom. The molecule has 0 aliphatic heterocycles. The van der Waals surface area contributed by atoms with Crippen LogP contribution < -0.4 is 5.32 Å². The molecule has 0 spiro atoms. The molecule has 1 atom stereocenters. The van der Waals surface area contributed by atoms with Crippen molar-refractivity contribution >= 4 is 54.9 Å². The van der Waals surface area contributed by atoms with Gasteiger partial charge in [-0.3, -0.25) is 0 Å². The van der Waals surface area contributed by atoms with Gasteiger partial charge in [0.2, 0.25) is 0 Å². The van der Waals surface area contributed by atoms with Gasteiger partial charge in [0.15, 0.2) is 0 Å². The van der Waals surface area contributed by atoms with E-state index in [1.165, 1.54) is 0 Å². The summed E-state index contributed by atoms with van der Waals surface area (Å²) in [4.78, 5) is 0. The molecule has 0 amide bonds. The Kier molecular flexibility index (Phi) is 4.51. The predicted octanol–water partition coefficient (Wildman–Crippen LogP) is 4.56. The molecule has 1 aromatic heterocycles. The van der Waals surface area contributed by atoms with Crippen molar-refractivity contribution in [1.29, 1.82) is 0 Å². The second kappa shape index (κ2) is 6.37. The summed E-state index contributed by atoms with van der Waals surface area (Å²) in [5.41, 5.74) is 4.08. The van der Waals surface area contributed by atoms with Gasteiger partial charge in [-0.05, 0) is 0 Å². The minimum absolute atomic E-state index is 0.0224. The molecule has 1 unspecified atom stereocenters. The molecule has 0 radical (unpaired) electrons. The predicted molar refractivity (Wildman–Crippen MR) is 89.6 cm³/mol. The zero-order chi connectivity index (χ0) is 14.8. The van der Waals surface area contributed by atoms with E-state index in [1.54, 1.807) is 0 Å². The summed E-state index contributed by atoms with van der Waals surface area (Å²) in [6.07, 6.45) is 0.934. The first-order valence-electron chi connectivity index (χ1n) is 6.62. The average Bonchev–Trinajstić information content (AvgIpc) is 2.97. The molecule has 108 valence electrons. The zero-order valence-corrected chi connectivity index (χ0v) is 14.5. The molecular formula is C15H13Cl2N3Se. The van der Waals surface area contributed by atoms with E-state index < -0.39 is 0 Å². The van der Waals surface area contributed by atoms with E-state index in [-0.39, 0.29) is 21.0 Å². The second-order valence-corrected chi connectivity index (χ2v) is 6.64. The Balaban J connectivity index is 1.93. The van der Waals surface area contributed by atoms with Crippen LogP contribution in [0.2, 0.25) is 10.0 Å². The quantitative estimate of drug-likeness (QED) is 0.670. The maximum atomic E-state index is 6.12. The standard InChI is InChI=1S/C15H13Cl2N3Se/c1-2-12(9-6-7-10(16)11(17)8-9)18-13-4-3-5-14-15(13)20-21-19-14/h3-8,12,18H,2H2,1H3. The minimum atomic E-state index is -0.0224. The number of nitrogens with zero attached hydrogens (tertiary/aromatic N) is 2. The van der Waals surface area contributed by atoms with Crippen molar-refractivity contribution in [2.24, 2.45) is 0 Å². The summed E-state index contributed by atoms with van der Waals surface area (Å²) in [6.45, 7) is 2.13. The van der Waals surface area contributed by atoms with E-state index in [2.05, 4.69) is 20.2 Å². The molecule has 0 fully saturated rings. The van der Waals surface area contributed by atoms with Crippen LogP contribution in [0.25, 0.3) is 11.0 Å². The van der Waals surface area contributed by atoms with Gasteiger partial charge in [-0.15, -0.1) is 0 Å². The number of hydrogen-bond acceptors (Lipinski definition) is 3. The molecule has 2 aromatic carbocycles. The molecule has 1 heterocycles. The summed E-state index contributed by atoms with van der Waals surface area (Å²) in [5, 5.41) is 4.70. The fourth-order valence-corrected chi connectivity index (χ4v) is 3.72. The number of rotatable bonds is 4. The van der Waals surface area contributed by atoms with Crippen LogP contribution >= 0.6 is 23.2 Å². The summed E-state index contributed by atoms with van der Waals surface area (Å²) in [6, 6.07) is 12.0. The van der Waals surface area contributed by atoms with Crippen molar-refractivity contribution in [1.82, 2.24) is 7.96 Å². The van der Waals surface area contributed by atoms with Gasteiger partial charge in [-0.25, -0.2) is 0 Å². The first kappa shape index (κ1) is 14.9. The van der Waals surface area contributed by atoms with E-state index in [9.17, 15) is 0 Å². The van der Waals surface area contributed by atoms with E-state index in [0.717, 1.165) is 28.7 Å². The normalized spacial score (nSPS) is 12.5. The number of benzene rings is 2. The molecule has 0 aliphatic carbocycles. The molecule has 1 N–H and O–H groups in total. The summed E-state index contributed by atoms with van der Waals surface area (Å²) < 4.78 is 8.91. The molecule has 3 aromatic rings. The monoisotopic (exact) mass is 385 g/mol. The van der Waals surface area contributed by atoms with Gasteiger partial charge >= 0.3 is 140 Å². The SMILES string of the molecule is CCC(Nc1cccc2n[se]nc12)c1ccc(Cl)c(Cl)c1. The van der Waals surface area contributed by atoms with Gasteiger partial charge in [0.05, 0.1) is 0 Å². The van der Waals surface area contributed by atoms with E-state index in [0.29, 0.717) is 10.0 Å². The summed E-state index contributed by atoms with van der Waals surface area (Å²) in [5.74, 6) is 0. The van der Waals surface area contributed by atoms with Crippen LogP contribution in [0.15, 0.2) is 36.4 Å². The second-order valence-electron chi connectivity index (χ2n) is 4.72. The third kappa shape index (κ3) is 3.09. The van der Waals surface area contributed by atoms with Crippen molar-refractivity contribution in [3.63, 3.8) is 0 Å².